The van der Waals surface area contributed by atoms with Crippen LogP contribution < -0.4 is 11.1 Å². The predicted octanol–water partition coefficient (Wildman–Crippen LogP) is 2.42. The van der Waals surface area contributed by atoms with E-state index in [1.807, 2.05) is 13.8 Å². The molecular formula is C10H12F2N2S. The highest BCUT2D eigenvalue weighted by atomic mass is 32.1. The summed E-state index contributed by atoms with van der Waals surface area (Å²) in [5.74, 6) is -1.96. The van der Waals surface area contributed by atoms with Gasteiger partial charge >= 0.3 is 0 Å². The van der Waals surface area contributed by atoms with E-state index in [9.17, 15) is 8.78 Å². The zero-order valence-electron chi connectivity index (χ0n) is 8.47. The SMILES string of the molecule is CC(C)Nc1ccc(C(N)=S)c(F)c1F. The Labute approximate surface area is 92.5 Å². The lowest BCUT2D eigenvalue weighted by molar-refractivity contribution is 0.509. The van der Waals surface area contributed by atoms with Gasteiger partial charge in [-0.2, -0.15) is 0 Å². The van der Waals surface area contributed by atoms with Gasteiger partial charge in [-0.1, -0.05) is 12.2 Å². The van der Waals surface area contributed by atoms with Gasteiger partial charge in [0.05, 0.1) is 5.69 Å². The van der Waals surface area contributed by atoms with Crippen molar-refractivity contribution in [1.82, 2.24) is 0 Å². The molecule has 0 aliphatic carbocycles. The summed E-state index contributed by atoms with van der Waals surface area (Å²) in [7, 11) is 0. The molecule has 0 fully saturated rings. The van der Waals surface area contributed by atoms with Crippen LogP contribution in [0.4, 0.5) is 14.5 Å². The largest absolute Gasteiger partial charge is 0.389 e. The quantitative estimate of drug-likeness (QED) is 0.783. The van der Waals surface area contributed by atoms with E-state index in [-0.39, 0.29) is 22.3 Å². The summed E-state index contributed by atoms with van der Waals surface area (Å²) in [4.78, 5) is -0.150. The van der Waals surface area contributed by atoms with Gasteiger partial charge in [-0.05, 0) is 26.0 Å². The maximum Gasteiger partial charge on any atom is 0.182 e. The number of anilines is 1. The Kier molecular flexibility index (Phi) is 3.57. The van der Waals surface area contributed by atoms with Gasteiger partial charge in [0, 0.05) is 11.6 Å². The predicted molar refractivity (Wildman–Crippen MR) is 61.0 cm³/mol. The summed E-state index contributed by atoms with van der Waals surface area (Å²) < 4.78 is 26.8. The molecule has 0 spiro atoms. The molecule has 0 aromatic heterocycles. The summed E-state index contributed by atoms with van der Waals surface area (Å²) in [5, 5.41) is 2.78. The molecule has 0 aliphatic rings. The van der Waals surface area contributed by atoms with Gasteiger partial charge in [0.15, 0.2) is 11.6 Å². The average molecular weight is 230 g/mol. The van der Waals surface area contributed by atoms with Gasteiger partial charge in [-0.15, -0.1) is 0 Å². The van der Waals surface area contributed by atoms with Gasteiger partial charge in [0.2, 0.25) is 0 Å². The van der Waals surface area contributed by atoms with Crippen LogP contribution >= 0.6 is 12.2 Å². The van der Waals surface area contributed by atoms with E-state index in [4.69, 9.17) is 5.73 Å². The molecule has 0 atom stereocenters. The van der Waals surface area contributed by atoms with Crippen LogP contribution in [0.1, 0.15) is 19.4 Å². The van der Waals surface area contributed by atoms with Crippen molar-refractivity contribution >= 4 is 22.9 Å². The maximum absolute atomic E-state index is 13.4. The number of benzene rings is 1. The Balaban J connectivity index is 3.15. The summed E-state index contributed by atoms with van der Waals surface area (Å²) in [6.07, 6.45) is 0. The van der Waals surface area contributed by atoms with E-state index >= 15 is 0 Å². The van der Waals surface area contributed by atoms with Crippen molar-refractivity contribution in [2.75, 3.05) is 5.32 Å². The van der Waals surface area contributed by atoms with E-state index in [1.165, 1.54) is 12.1 Å². The molecule has 0 radical (unpaired) electrons. The first kappa shape index (κ1) is 11.8. The second kappa shape index (κ2) is 4.53. The van der Waals surface area contributed by atoms with Crippen LogP contribution in [-0.4, -0.2) is 11.0 Å². The van der Waals surface area contributed by atoms with Crippen molar-refractivity contribution in [3.8, 4) is 0 Å². The van der Waals surface area contributed by atoms with Crippen LogP contribution in [0.25, 0.3) is 0 Å². The molecule has 2 nitrogen and oxygen atoms in total. The first-order valence-corrected chi connectivity index (χ1v) is 4.88. The van der Waals surface area contributed by atoms with Crippen LogP contribution in [0.2, 0.25) is 0 Å². The average Bonchev–Trinajstić information content (AvgIpc) is 2.12. The Morgan fingerprint density at radius 1 is 1.33 bits per heavy atom. The minimum absolute atomic E-state index is 0.0228. The second-order valence-electron chi connectivity index (χ2n) is 3.45. The molecule has 5 heteroatoms. The molecule has 82 valence electrons. The Bertz CT molecular complexity index is 391. The topological polar surface area (TPSA) is 38.0 Å². The maximum atomic E-state index is 13.4. The molecule has 0 saturated heterocycles. The molecule has 15 heavy (non-hydrogen) atoms. The number of rotatable bonds is 3. The zero-order valence-corrected chi connectivity index (χ0v) is 9.29. The summed E-state index contributed by atoms with van der Waals surface area (Å²) in [5.41, 5.74) is 5.28. The summed E-state index contributed by atoms with van der Waals surface area (Å²) in [6, 6.07) is 2.81. The van der Waals surface area contributed by atoms with E-state index in [0.717, 1.165) is 0 Å². The third kappa shape index (κ3) is 2.62. The lowest BCUT2D eigenvalue weighted by Gasteiger charge is -2.12. The Hall–Kier alpha value is -1.23. The van der Waals surface area contributed by atoms with E-state index in [1.54, 1.807) is 0 Å². The molecule has 0 amide bonds. The molecule has 0 bridgehead atoms. The minimum Gasteiger partial charge on any atom is -0.389 e. The highest BCUT2D eigenvalue weighted by Gasteiger charge is 2.14. The van der Waals surface area contributed by atoms with Crippen molar-refractivity contribution in [2.24, 2.45) is 5.73 Å². The van der Waals surface area contributed by atoms with Crippen LogP contribution in [0.15, 0.2) is 12.1 Å². The Morgan fingerprint density at radius 3 is 2.40 bits per heavy atom. The standard InChI is InChI=1S/C10H12F2N2S/c1-5(2)14-7-4-3-6(10(13)15)8(11)9(7)12/h3-5,14H,1-2H3,(H2,13,15). The summed E-state index contributed by atoms with van der Waals surface area (Å²) >= 11 is 4.59. The first-order chi connectivity index (χ1) is 6.93. The third-order valence-electron chi connectivity index (χ3n) is 1.79. The highest BCUT2D eigenvalue weighted by molar-refractivity contribution is 7.80. The van der Waals surface area contributed by atoms with Crippen LogP contribution in [0.5, 0.6) is 0 Å². The number of thiocarbonyl (C=S) groups is 1. The minimum atomic E-state index is -1.01. The smallest absolute Gasteiger partial charge is 0.182 e. The first-order valence-electron chi connectivity index (χ1n) is 4.47. The van der Waals surface area contributed by atoms with Crippen LogP contribution in [0.3, 0.4) is 0 Å². The van der Waals surface area contributed by atoms with Gasteiger partial charge in [-0.3, -0.25) is 0 Å². The number of nitrogens with two attached hydrogens (primary N) is 1. The third-order valence-corrected chi connectivity index (χ3v) is 2.01. The lowest BCUT2D eigenvalue weighted by Crippen LogP contribution is -2.16. The molecule has 1 aromatic carbocycles. The van der Waals surface area contributed by atoms with Crippen molar-refractivity contribution in [3.63, 3.8) is 0 Å². The normalized spacial score (nSPS) is 10.5. The van der Waals surface area contributed by atoms with Gasteiger partial charge in [0.25, 0.3) is 0 Å². The number of hydrogen-bond donors (Lipinski definition) is 2. The van der Waals surface area contributed by atoms with Crippen LogP contribution in [-0.2, 0) is 0 Å². The Morgan fingerprint density at radius 2 is 1.93 bits per heavy atom. The molecule has 0 heterocycles. The van der Waals surface area contributed by atoms with E-state index in [2.05, 4.69) is 17.5 Å². The molecule has 0 unspecified atom stereocenters. The summed E-state index contributed by atoms with van der Waals surface area (Å²) in [6.45, 7) is 3.66. The fourth-order valence-electron chi connectivity index (χ4n) is 1.16. The molecule has 0 saturated carbocycles. The molecular weight excluding hydrogens is 218 g/mol. The second-order valence-corrected chi connectivity index (χ2v) is 3.89. The number of hydrogen-bond acceptors (Lipinski definition) is 2. The van der Waals surface area contributed by atoms with Crippen molar-refractivity contribution in [2.45, 2.75) is 19.9 Å². The highest BCUT2D eigenvalue weighted by Crippen LogP contribution is 2.21. The van der Waals surface area contributed by atoms with Crippen LogP contribution in [0, 0.1) is 11.6 Å². The van der Waals surface area contributed by atoms with E-state index < -0.39 is 11.6 Å². The van der Waals surface area contributed by atoms with Crippen molar-refractivity contribution < 1.29 is 8.78 Å². The zero-order chi connectivity index (χ0) is 11.6. The van der Waals surface area contributed by atoms with E-state index in [0.29, 0.717) is 0 Å². The van der Waals surface area contributed by atoms with Crippen molar-refractivity contribution in [1.29, 1.82) is 0 Å². The lowest BCUT2D eigenvalue weighted by atomic mass is 10.1. The molecule has 3 N–H and O–H groups in total. The van der Waals surface area contributed by atoms with Gasteiger partial charge in [-0.25, -0.2) is 8.78 Å². The molecule has 1 aromatic rings. The van der Waals surface area contributed by atoms with Gasteiger partial charge in [0.1, 0.15) is 4.99 Å². The molecule has 1 rings (SSSR count). The molecule has 0 aliphatic heterocycles. The van der Waals surface area contributed by atoms with Crippen molar-refractivity contribution in [3.05, 3.63) is 29.3 Å². The monoisotopic (exact) mass is 230 g/mol. The number of nitrogens with one attached hydrogen (secondary N) is 1. The fraction of sp³-hybridized carbons (Fsp3) is 0.300. The number of halogens is 2. The fourth-order valence-corrected chi connectivity index (χ4v) is 1.32. The van der Waals surface area contributed by atoms with Gasteiger partial charge < -0.3 is 11.1 Å².